The van der Waals surface area contributed by atoms with Crippen LogP contribution in [0.4, 0.5) is 0 Å². The van der Waals surface area contributed by atoms with Crippen molar-refractivity contribution in [2.75, 3.05) is 52.4 Å². The summed E-state index contributed by atoms with van der Waals surface area (Å²) in [4.78, 5) is 11.1. The zero-order chi connectivity index (χ0) is 21.5. The van der Waals surface area contributed by atoms with Crippen LogP contribution >= 0.6 is 0 Å². The summed E-state index contributed by atoms with van der Waals surface area (Å²) in [5.74, 6) is 0.921. The van der Waals surface area contributed by atoms with Crippen LogP contribution in [0.5, 0.6) is 0 Å². The zero-order valence-corrected chi connectivity index (χ0v) is 21.0. The highest BCUT2D eigenvalue weighted by Gasteiger charge is 2.40. The van der Waals surface area contributed by atoms with E-state index in [0.29, 0.717) is 11.0 Å². The highest BCUT2D eigenvalue weighted by atomic mass is 15.3. The molecule has 0 radical (unpaired) electrons. The first kappa shape index (κ1) is 23.0. The monoisotopic (exact) mass is 418 g/mol. The molecule has 0 unspecified atom stereocenters. The highest BCUT2D eigenvalue weighted by molar-refractivity contribution is 4.96. The molecular formula is C26H50N4. The highest BCUT2D eigenvalue weighted by Crippen LogP contribution is 2.36. The maximum absolute atomic E-state index is 2.86. The van der Waals surface area contributed by atoms with E-state index in [2.05, 4.69) is 61.1 Å². The van der Waals surface area contributed by atoms with Crippen molar-refractivity contribution >= 4 is 0 Å². The number of piperidine rings is 3. The Morgan fingerprint density at radius 2 is 0.867 bits per heavy atom. The van der Waals surface area contributed by atoms with Crippen LogP contribution in [0.3, 0.4) is 0 Å². The Morgan fingerprint density at radius 1 is 0.500 bits per heavy atom. The second kappa shape index (κ2) is 9.00. The van der Waals surface area contributed by atoms with Crippen LogP contribution < -0.4 is 0 Å². The predicted molar refractivity (Wildman–Crippen MR) is 128 cm³/mol. The molecule has 0 aromatic carbocycles. The normalized spacial score (nSPS) is 29.4. The molecule has 4 saturated heterocycles. The summed E-state index contributed by atoms with van der Waals surface area (Å²) in [7, 11) is 0. The molecule has 30 heavy (non-hydrogen) atoms. The van der Waals surface area contributed by atoms with Gasteiger partial charge >= 0.3 is 0 Å². The van der Waals surface area contributed by atoms with Crippen molar-refractivity contribution in [1.29, 1.82) is 0 Å². The van der Waals surface area contributed by atoms with E-state index in [4.69, 9.17) is 0 Å². The summed E-state index contributed by atoms with van der Waals surface area (Å²) < 4.78 is 0. The van der Waals surface area contributed by atoms with Crippen LogP contribution in [0.2, 0.25) is 0 Å². The van der Waals surface area contributed by atoms with Crippen LogP contribution in [0, 0.1) is 11.3 Å². The van der Waals surface area contributed by atoms with Crippen molar-refractivity contribution in [2.24, 2.45) is 11.3 Å². The van der Waals surface area contributed by atoms with E-state index < -0.39 is 0 Å². The average molecular weight is 419 g/mol. The fourth-order valence-electron chi connectivity index (χ4n) is 6.60. The Kier molecular flexibility index (Phi) is 6.90. The van der Waals surface area contributed by atoms with Gasteiger partial charge in [0.2, 0.25) is 0 Å². The molecule has 0 saturated carbocycles. The lowest BCUT2D eigenvalue weighted by molar-refractivity contribution is -0.0402. The summed E-state index contributed by atoms with van der Waals surface area (Å²) in [5.41, 5.74) is 0.843. The number of hydrogen-bond acceptors (Lipinski definition) is 4. The first-order valence-corrected chi connectivity index (χ1v) is 13.1. The van der Waals surface area contributed by atoms with Crippen molar-refractivity contribution in [3.63, 3.8) is 0 Å². The van der Waals surface area contributed by atoms with E-state index in [1.54, 1.807) is 0 Å². The van der Waals surface area contributed by atoms with Crippen molar-refractivity contribution in [2.45, 2.75) is 104 Å². The molecule has 0 spiro atoms. The molecule has 0 atom stereocenters. The molecule has 0 amide bonds. The molecule has 0 aliphatic carbocycles. The molecular weight excluding hydrogens is 368 g/mol. The fraction of sp³-hybridized carbons (Fsp3) is 1.00. The molecule has 0 N–H and O–H groups in total. The molecule has 174 valence electrons. The number of hydrogen-bond donors (Lipinski definition) is 0. The molecule has 4 heterocycles. The summed E-state index contributed by atoms with van der Waals surface area (Å²) in [5, 5.41) is 0. The number of nitrogens with zero attached hydrogens (tertiary/aromatic N) is 4. The lowest BCUT2D eigenvalue weighted by Crippen LogP contribution is -2.66. The van der Waals surface area contributed by atoms with Crippen LogP contribution in [-0.4, -0.2) is 95.6 Å². The summed E-state index contributed by atoms with van der Waals surface area (Å²) >= 11 is 0. The maximum Gasteiger partial charge on any atom is 0.0350 e. The van der Waals surface area contributed by atoms with Crippen molar-refractivity contribution < 1.29 is 0 Å². The van der Waals surface area contributed by atoms with Gasteiger partial charge in [-0.1, -0.05) is 20.8 Å². The summed E-state index contributed by atoms with van der Waals surface area (Å²) in [6.07, 6.45) is 8.43. The quantitative estimate of drug-likeness (QED) is 0.682. The smallest absolute Gasteiger partial charge is 0.0350 e. The molecule has 0 bridgehead atoms. The molecule has 4 aliphatic rings. The Bertz CT molecular complexity index is 532. The average Bonchev–Trinajstić information content (AvgIpc) is 2.66. The van der Waals surface area contributed by atoms with E-state index in [0.717, 1.165) is 24.0 Å². The van der Waals surface area contributed by atoms with E-state index in [-0.39, 0.29) is 0 Å². The van der Waals surface area contributed by atoms with Crippen molar-refractivity contribution in [1.82, 2.24) is 19.6 Å². The fourth-order valence-corrected chi connectivity index (χ4v) is 6.60. The molecule has 4 nitrogen and oxygen atoms in total. The van der Waals surface area contributed by atoms with Gasteiger partial charge in [-0.3, -0.25) is 9.80 Å². The second-order valence-electron chi connectivity index (χ2n) is 12.9. The lowest BCUT2D eigenvalue weighted by atomic mass is 9.75. The van der Waals surface area contributed by atoms with E-state index >= 15 is 0 Å². The molecule has 4 rings (SSSR count). The van der Waals surface area contributed by atoms with Gasteiger partial charge in [-0.05, 0) is 96.8 Å². The van der Waals surface area contributed by atoms with Gasteiger partial charge in [0.1, 0.15) is 0 Å². The molecule has 4 heteroatoms. The Morgan fingerprint density at radius 3 is 1.23 bits per heavy atom. The van der Waals surface area contributed by atoms with Crippen molar-refractivity contribution in [3.05, 3.63) is 0 Å². The van der Waals surface area contributed by atoms with Gasteiger partial charge in [-0.25, -0.2) is 0 Å². The number of likely N-dealkylation sites (tertiary alicyclic amines) is 4. The minimum absolute atomic E-state index is 0.348. The van der Waals surface area contributed by atoms with Crippen LogP contribution in [0.15, 0.2) is 0 Å². The van der Waals surface area contributed by atoms with E-state index in [1.807, 2.05) is 0 Å². The van der Waals surface area contributed by atoms with Gasteiger partial charge in [-0.15, -0.1) is 0 Å². The van der Waals surface area contributed by atoms with E-state index in [9.17, 15) is 0 Å². The molecule has 4 fully saturated rings. The lowest BCUT2D eigenvalue weighted by Gasteiger charge is -2.53. The number of rotatable bonds is 3. The summed E-state index contributed by atoms with van der Waals surface area (Å²) in [6, 6.07) is 2.54. The summed E-state index contributed by atoms with van der Waals surface area (Å²) in [6.45, 7) is 25.0. The van der Waals surface area contributed by atoms with E-state index in [1.165, 1.54) is 90.9 Å². The molecule has 0 aromatic heterocycles. The first-order valence-electron chi connectivity index (χ1n) is 13.1. The third-order valence-corrected chi connectivity index (χ3v) is 9.11. The third kappa shape index (κ3) is 5.24. The van der Waals surface area contributed by atoms with Crippen LogP contribution in [0.25, 0.3) is 0 Å². The topological polar surface area (TPSA) is 13.0 Å². The van der Waals surface area contributed by atoms with Gasteiger partial charge in [-0.2, -0.15) is 0 Å². The Hall–Kier alpha value is -0.160. The Balaban J connectivity index is 1.15. The van der Waals surface area contributed by atoms with Crippen LogP contribution in [0.1, 0.15) is 80.1 Å². The second-order valence-corrected chi connectivity index (χ2v) is 12.9. The van der Waals surface area contributed by atoms with Gasteiger partial charge in [0.15, 0.2) is 0 Å². The minimum Gasteiger partial charge on any atom is -0.300 e. The zero-order valence-electron chi connectivity index (χ0n) is 21.0. The third-order valence-electron chi connectivity index (χ3n) is 9.11. The van der Waals surface area contributed by atoms with Gasteiger partial charge in [0.05, 0.1) is 0 Å². The molecule has 0 aromatic rings. The standard InChI is InChI=1S/C26H50N4/c1-25(2,3)21-7-13-27(14-8-21)22-9-15-28(16-10-22)23-11-17-29(18-12-23)24-19-30(20-24)26(4,5)6/h21-24H,7-20H2,1-6H3. The maximum atomic E-state index is 2.86. The van der Waals surface area contributed by atoms with Gasteiger partial charge in [0, 0.05) is 49.8 Å². The largest absolute Gasteiger partial charge is 0.300 e. The minimum atomic E-state index is 0.348. The predicted octanol–water partition coefficient (Wildman–Crippen LogP) is 4.16. The van der Waals surface area contributed by atoms with Crippen LogP contribution in [-0.2, 0) is 0 Å². The van der Waals surface area contributed by atoms with Crippen molar-refractivity contribution in [3.8, 4) is 0 Å². The van der Waals surface area contributed by atoms with Gasteiger partial charge in [0.25, 0.3) is 0 Å². The van der Waals surface area contributed by atoms with Gasteiger partial charge < -0.3 is 9.80 Å². The SMILES string of the molecule is CC(C)(C)C1CCN(C2CCN(C3CCN(C4CN(C(C)(C)C)C4)CC3)CC2)CC1. The first-order chi connectivity index (χ1) is 14.1. The molecule has 4 aliphatic heterocycles. The Labute approximate surface area is 187 Å².